The van der Waals surface area contributed by atoms with Crippen molar-refractivity contribution in [1.29, 1.82) is 0 Å². The Balaban J connectivity index is 0.000000660. The van der Waals surface area contributed by atoms with Crippen molar-refractivity contribution < 1.29 is 46.1 Å². The first-order valence-electron chi connectivity index (χ1n) is 6.79. The zero-order valence-electron chi connectivity index (χ0n) is 13.4. The number of halogens is 6. The van der Waals surface area contributed by atoms with Crippen LogP contribution in [0.15, 0.2) is 30.4 Å². The van der Waals surface area contributed by atoms with Crippen molar-refractivity contribution in [3.8, 4) is 0 Å². The fraction of sp³-hybridized carbons (Fsp3) is 0.333. The molecule has 0 aliphatic rings. The van der Waals surface area contributed by atoms with Crippen LogP contribution in [-0.2, 0) is 21.9 Å². The Bertz CT molecular complexity index is 619. The van der Waals surface area contributed by atoms with Gasteiger partial charge in [-0.2, -0.15) is 26.3 Å². The molecule has 0 fully saturated rings. The molecule has 0 bridgehead atoms. The highest BCUT2D eigenvalue weighted by Gasteiger charge is 2.37. The fourth-order valence-electron chi connectivity index (χ4n) is 1.54. The zero-order valence-corrected chi connectivity index (χ0v) is 13.4. The Morgan fingerprint density at radius 2 is 1.27 bits per heavy atom. The predicted molar refractivity (Wildman–Crippen MR) is 78.3 cm³/mol. The number of alkyl halides is 6. The number of carboxylic acids is 2. The number of carboxylic acid groups (broad SMARTS) is 2. The minimum Gasteiger partial charge on any atom is -0.478 e. The Morgan fingerprint density at radius 1 is 0.923 bits per heavy atom. The van der Waals surface area contributed by atoms with Gasteiger partial charge in [-0.15, -0.1) is 0 Å². The molecule has 26 heavy (non-hydrogen) atoms. The maximum absolute atomic E-state index is 12.5. The highest BCUT2D eigenvalue weighted by molar-refractivity contribution is 5.89. The summed E-state index contributed by atoms with van der Waals surface area (Å²) in [5, 5.41) is 18.2. The van der Waals surface area contributed by atoms with Gasteiger partial charge in [0.05, 0.1) is 11.1 Å². The molecule has 5 nitrogen and oxygen atoms in total. The second-order valence-corrected chi connectivity index (χ2v) is 4.86. The quantitative estimate of drug-likeness (QED) is 0.542. The Labute approximate surface area is 143 Å². The van der Waals surface area contributed by atoms with Crippen LogP contribution in [0, 0.1) is 0 Å². The van der Waals surface area contributed by atoms with Crippen LogP contribution < -0.4 is 5.32 Å². The van der Waals surface area contributed by atoms with Crippen molar-refractivity contribution in [3.05, 3.63) is 47.0 Å². The molecule has 0 aliphatic heterocycles. The van der Waals surface area contributed by atoms with E-state index in [9.17, 15) is 35.9 Å². The van der Waals surface area contributed by atoms with Crippen LogP contribution in [0.1, 0.15) is 29.7 Å². The van der Waals surface area contributed by atoms with Crippen LogP contribution in [0.25, 0.3) is 0 Å². The number of rotatable bonds is 4. The van der Waals surface area contributed by atoms with Crippen LogP contribution in [0.5, 0.6) is 0 Å². The zero-order chi connectivity index (χ0) is 20.7. The van der Waals surface area contributed by atoms with Crippen LogP contribution in [-0.4, -0.2) is 29.2 Å². The molecule has 1 aromatic carbocycles. The molecular formula is C15H15F6NO4. The van der Waals surface area contributed by atoms with E-state index in [0.29, 0.717) is 12.2 Å². The van der Waals surface area contributed by atoms with Gasteiger partial charge in [-0.25, -0.2) is 9.59 Å². The van der Waals surface area contributed by atoms with Gasteiger partial charge in [0.15, 0.2) is 0 Å². The molecule has 0 radical (unpaired) electrons. The van der Waals surface area contributed by atoms with E-state index in [1.165, 1.54) is 14.0 Å². The molecule has 0 saturated heterocycles. The molecule has 0 amide bonds. The van der Waals surface area contributed by atoms with E-state index in [-0.39, 0.29) is 11.6 Å². The Kier molecular flexibility index (Phi) is 8.32. The smallest absolute Gasteiger partial charge is 0.416 e. The third-order valence-corrected chi connectivity index (χ3v) is 2.91. The van der Waals surface area contributed by atoms with Crippen molar-refractivity contribution in [2.45, 2.75) is 25.3 Å². The number of hydrogen-bond acceptors (Lipinski definition) is 3. The lowest BCUT2D eigenvalue weighted by molar-refractivity contribution is -0.143. The van der Waals surface area contributed by atoms with Gasteiger partial charge in [0, 0.05) is 18.2 Å². The molecule has 0 aliphatic carbocycles. The first kappa shape index (κ1) is 23.4. The summed E-state index contributed by atoms with van der Waals surface area (Å²) in [5.74, 6) is -2.51. The van der Waals surface area contributed by atoms with Gasteiger partial charge >= 0.3 is 24.3 Å². The van der Waals surface area contributed by atoms with Crippen LogP contribution >= 0.6 is 0 Å². The van der Waals surface area contributed by atoms with Crippen molar-refractivity contribution in [2.75, 3.05) is 7.05 Å². The average Bonchev–Trinajstić information content (AvgIpc) is 2.50. The van der Waals surface area contributed by atoms with Crippen molar-refractivity contribution in [2.24, 2.45) is 0 Å². The molecule has 1 atom stereocenters. The first-order valence-corrected chi connectivity index (χ1v) is 6.79. The van der Waals surface area contributed by atoms with E-state index in [4.69, 9.17) is 10.2 Å². The third kappa shape index (κ3) is 8.51. The molecule has 11 heteroatoms. The van der Waals surface area contributed by atoms with Gasteiger partial charge in [0.2, 0.25) is 0 Å². The normalized spacial score (nSPS) is 13.1. The summed E-state index contributed by atoms with van der Waals surface area (Å²) in [4.78, 5) is 19.1. The van der Waals surface area contributed by atoms with E-state index in [1.54, 1.807) is 0 Å². The van der Waals surface area contributed by atoms with Crippen molar-refractivity contribution in [1.82, 2.24) is 5.32 Å². The lowest BCUT2D eigenvalue weighted by atomic mass is 10.0. The van der Waals surface area contributed by atoms with Crippen molar-refractivity contribution >= 4 is 11.9 Å². The average molecular weight is 387 g/mol. The number of carbonyl (C=O) groups is 2. The number of nitrogens with one attached hydrogen (secondary N) is 1. The minimum atomic E-state index is -4.80. The summed E-state index contributed by atoms with van der Waals surface area (Å²) < 4.78 is 75.1. The number of aliphatic carboxylic acids is 2. The lowest BCUT2D eigenvalue weighted by Gasteiger charge is -2.17. The fourth-order valence-corrected chi connectivity index (χ4v) is 1.54. The van der Waals surface area contributed by atoms with E-state index in [1.807, 2.05) is 0 Å². The van der Waals surface area contributed by atoms with E-state index in [0.717, 1.165) is 12.1 Å². The SMILES string of the molecule is CNC(C)c1cc(C(F)(F)F)cc(C(F)(F)F)c1.O=C(O)/C=C\C(=O)O. The standard InChI is InChI=1S/C11H11F6N.C4H4O4/c1-6(18-2)7-3-8(10(12,13)14)5-9(4-7)11(15,16)17;5-3(6)1-2-4(7)8/h3-6,18H,1-2H3;1-2H,(H,5,6)(H,7,8)/b;2-1-. The van der Waals surface area contributed by atoms with Crippen LogP contribution in [0.3, 0.4) is 0 Å². The van der Waals surface area contributed by atoms with Gasteiger partial charge in [-0.3, -0.25) is 0 Å². The third-order valence-electron chi connectivity index (χ3n) is 2.91. The maximum atomic E-state index is 12.5. The molecule has 146 valence electrons. The van der Waals surface area contributed by atoms with Gasteiger partial charge in [-0.1, -0.05) is 0 Å². The predicted octanol–water partition coefficient (Wildman–Crippen LogP) is 3.72. The van der Waals surface area contributed by atoms with Gasteiger partial charge in [-0.05, 0) is 37.7 Å². The van der Waals surface area contributed by atoms with Crippen LogP contribution in [0.2, 0.25) is 0 Å². The molecule has 1 aromatic rings. The molecule has 0 aromatic heterocycles. The number of hydrogen-bond donors (Lipinski definition) is 3. The van der Waals surface area contributed by atoms with Gasteiger partial charge < -0.3 is 15.5 Å². The van der Waals surface area contributed by atoms with Gasteiger partial charge in [0.25, 0.3) is 0 Å². The first-order chi connectivity index (χ1) is 11.7. The van der Waals surface area contributed by atoms with E-state index in [2.05, 4.69) is 5.32 Å². The van der Waals surface area contributed by atoms with Crippen molar-refractivity contribution in [3.63, 3.8) is 0 Å². The van der Waals surface area contributed by atoms with E-state index >= 15 is 0 Å². The highest BCUT2D eigenvalue weighted by atomic mass is 19.4. The molecule has 1 rings (SSSR count). The Morgan fingerprint density at radius 3 is 1.50 bits per heavy atom. The lowest BCUT2D eigenvalue weighted by Crippen LogP contribution is -2.17. The molecule has 0 heterocycles. The second kappa shape index (κ2) is 9.22. The van der Waals surface area contributed by atoms with Crippen LogP contribution in [0.4, 0.5) is 26.3 Å². The van der Waals surface area contributed by atoms with E-state index < -0.39 is 41.5 Å². The summed E-state index contributed by atoms with van der Waals surface area (Å²) in [6, 6.07) is 0.951. The number of benzene rings is 1. The summed E-state index contributed by atoms with van der Waals surface area (Å²) in [6.45, 7) is 1.48. The molecule has 0 spiro atoms. The molecule has 3 N–H and O–H groups in total. The second-order valence-electron chi connectivity index (χ2n) is 4.86. The largest absolute Gasteiger partial charge is 0.478 e. The molecule has 1 unspecified atom stereocenters. The summed E-state index contributed by atoms with van der Waals surface area (Å²) in [5.41, 5.74) is -2.65. The van der Waals surface area contributed by atoms with Gasteiger partial charge in [0.1, 0.15) is 0 Å². The summed E-state index contributed by atoms with van der Waals surface area (Å²) in [7, 11) is 1.46. The monoisotopic (exact) mass is 387 g/mol. The molecule has 0 saturated carbocycles. The maximum Gasteiger partial charge on any atom is 0.416 e. The topological polar surface area (TPSA) is 86.6 Å². The minimum absolute atomic E-state index is 0.0559. The summed E-state index contributed by atoms with van der Waals surface area (Å²) >= 11 is 0. The summed E-state index contributed by atoms with van der Waals surface area (Å²) in [6.07, 6.45) is -8.49. The highest BCUT2D eigenvalue weighted by Crippen LogP contribution is 2.37. The Hall–Kier alpha value is -2.56. The molecular weight excluding hydrogens is 372 g/mol.